The highest BCUT2D eigenvalue weighted by molar-refractivity contribution is 5.60. The first-order chi connectivity index (χ1) is 6.08. The van der Waals surface area contributed by atoms with Gasteiger partial charge in [-0.2, -0.15) is 0 Å². The average molecular weight is 188 g/mol. The van der Waals surface area contributed by atoms with Crippen molar-refractivity contribution in [3.63, 3.8) is 0 Å². The third kappa shape index (κ3) is 1.61. The van der Waals surface area contributed by atoms with Gasteiger partial charge in [0.1, 0.15) is 6.29 Å². The van der Waals surface area contributed by atoms with Gasteiger partial charge in [-0.3, -0.25) is 0 Å². The van der Waals surface area contributed by atoms with Gasteiger partial charge in [0.05, 0.1) is 0 Å². The Bertz CT molecular complexity index is 221. The molecule has 1 nitrogen and oxygen atoms in total. The Morgan fingerprint density at radius 1 is 1.38 bits per heavy atom. The lowest BCUT2D eigenvalue weighted by atomic mass is 9.67. The van der Waals surface area contributed by atoms with E-state index in [4.69, 9.17) is 0 Å². The summed E-state index contributed by atoms with van der Waals surface area (Å²) in [5.41, 5.74) is -0.210. The third-order valence-corrected chi connectivity index (χ3v) is 3.55. The van der Waals surface area contributed by atoms with Gasteiger partial charge in [-0.25, -0.2) is 8.78 Å². The van der Waals surface area contributed by atoms with E-state index in [1.807, 2.05) is 0 Å². The van der Waals surface area contributed by atoms with E-state index in [2.05, 4.69) is 0 Å². The zero-order chi connectivity index (χ0) is 9.53. The number of alkyl halides is 2. The van der Waals surface area contributed by atoms with Gasteiger partial charge >= 0.3 is 0 Å². The number of rotatable bonds is 4. The van der Waals surface area contributed by atoms with Crippen LogP contribution < -0.4 is 0 Å². The van der Waals surface area contributed by atoms with Gasteiger partial charge in [-0.1, -0.05) is 6.42 Å². The number of carbonyl (C=O) groups is 1. The van der Waals surface area contributed by atoms with Crippen molar-refractivity contribution in [2.45, 2.75) is 44.4 Å². The lowest BCUT2D eigenvalue weighted by Gasteiger charge is -2.36. The van der Waals surface area contributed by atoms with Crippen molar-refractivity contribution in [3.05, 3.63) is 0 Å². The second-order valence-electron chi connectivity index (χ2n) is 4.53. The Balaban J connectivity index is 1.76. The summed E-state index contributed by atoms with van der Waals surface area (Å²) >= 11 is 0. The molecule has 2 saturated carbocycles. The van der Waals surface area contributed by atoms with Gasteiger partial charge in [-0.15, -0.1) is 0 Å². The molecule has 0 aromatic carbocycles. The highest BCUT2D eigenvalue weighted by Gasteiger charge is 2.56. The first kappa shape index (κ1) is 9.10. The number of aldehydes is 1. The lowest BCUT2D eigenvalue weighted by Crippen LogP contribution is -2.31. The largest absolute Gasteiger partial charge is 0.303 e. The van der Waals surface area contributed by atoms with Crippen LogP contribution in [-0.2, 0) is 4.79 Å². The quantitative estimate of drug-likeness (QED) is 0.620. The molecule has 1 unspecified atom stereocenters. The topological polar surface area (TPSA) is 17.1 Å². The summed E-state index contributed by atoms with van der Waals surface area (Å²) in [5.74, 6) is -2.83. The van der Waals surface area contributed by atoms with Gasteiger partial charge in [0.2, 0.25) is 0 Å². The molecule has 2 fully saturated rings. The third-order valence-electron chi connectivity index (χ3n) is 3.55. The van der Waals surface area contributed by atoms with Crippen LogP contribution in [-0.4, -0.2) is 12.2 Å². The zero-order valence-electron chi connectivity index (χ0n) is 7.56. The molecular formula is C10H14F2O. The van der Waals surface area contributed by atoms with Crippen LogP contribution >= 0.6 is 0 Å². The molecule has 0 heterocycles. The molecule has 0 radical (unpaired) electrons. The van der Waals surface area contributed by atoms with Crippen molar-refractivity contribution in [2.24, 2.45) is 11.3 Å². The van der Waals surface area contributed by atoms with E-state index in [-0.39, 0.29) is 11.8 Å². The van der Waals surface area contributed by atoms with E-state index in [1.54, 1.807) is 0 Å². The molecule has 2 aliphatic rings. The molecule has 1 atom stereocenters. The first-order valence-corrected chi connectivity index (χ1v) is 4.92. The smallest absolute Gasteiger partial charge is 0.251 e. The fraction of sp³-hybridized carbons (Fsp3) is 0.900. The first-order valence-electron chi connectivity index (χ1n) is 4.92. The van der Waals surface area contributed by atoms with Crippen LogP contribution in [0.4, 0.5) is 8.78 Å². The number of hydrogen-bond acceptors (Lipinski definition) is 1. The van der Waals surface area contributed by atoms with E-state index in [0.717, 1.165) is 25.5 Å². The normalized spacial score (nSPS) is 33.5. The van der Waals surface area contributed by atoms with Crippen LogP contribution in [0.25, 0.3) is 0 Å². The standard InChI is InChI=1S/C10H14F2O/c11-10(12)6-8(10)2-5-9(7-13)3-1-4-9/h7-8H,1-6H2. The van der Waals surface area contributed by atoms with Crippen molar-refractivity contribution in [1.82, 2.24) is 0 Å². The summed E-state index contributed by atoms with van der Waals surface area (Å²) in [6.45, 7) is 0. The van der Waals surface area contributed by atoms with E-state index in [9.17, 15) is 13.6 Å². The highest BCUT2D eigenvalue weighted by Crippen LogP contribution is 2.54. The van der Waals surface area contributed by atoms with Crippen molar-refractivity contribution >= 4 is 6.29 Å². The van der Waals surface area contributed by atoms with Crippen molar-refractivity contribution < 1.29 is 13.6 Å². The van der Waals surface area contributed by atoms with Crippen LogP contribution in [0.3, 0.4) is 0 Å². The molecular weight excluding hydrogens is 174 g/mol. The Morgan fingerprint density at radius 2 is 2.00 bits per heavy atom. The average Bonchev–Trinajstić information content (AvgIpc) is 2.58. The molecule has 13 heavy (non-hydrogen) atoms. The Labute approximate surface area is 76.5 Å². The molecule has 0 aliphatic heterocycles. The number of halogens is 2. The summed E-state index contributed by atoms with van der Waals surface area (Å²) in [6, 6.07) is 0. The maximum atomic E-state index is 12.5. The van der Waals surface area contributed by atoms with E-state index in [1.165, 1.54) is 0 Å². The molecule has 2 aliphatic carbocycles. The number of carbonyl (C=O) groups excluding carboxylic acids is 1. The summed E-state index contributed by atoms with van der Waals surface area (Å²) < 4.78 is 25.0. The van der Waals surface area contributed by atoms with Crippen molar-refractivity contribution in [2.75, 3.05) is 0 Å². The maximum Gasteiger partial charge on any atom is 0.251 e. The molecule has 74 valence electrons. The summed E-state index contributed by atoms with van der Waals surface area (Å²) in [6.07, 6.45) is 5.14. The highest BCUT2D eigenvalue weighted by atomic mass is 19.3. The molecule has 0 amide bonds. The van der Waals surface area contributed by atoms with Gasteiger partial charge in [-0.05, 0) is 25.7 Å². The monoisotopic (exact) mass is 188 g/mol. The van der Waals surface area contributed by atoms with Crippen LogP contribution in [0.5, 0.6) is 0 Å². The molecule has 2 rings (SSSR count). The number of hydrogen-bond donors (Lipinski definition) is 0. The van der Waals surface area contributed by atoms with Crippen LogP contribution in [0.15, 0.2) is 0 Å². The van der Waals surface area contributed by atoms with Crippen LogP contribution in [0.2, 0.25) is 0 Å². The molecule has 3 heteroatoms. The summed E-state index contributed by atoms with van der Waals surface area (Å²) in [4.78, 5) is 10.7. The minimum absolute atomic E-state index is 0.0436. The lowest BCUT2D eigenvalue weighted by molar-refractivity contribution is -0.121. The van der Waals surface area contributed by atoms with Gasteiger partial charge in [0.15, 0.2) is 0 Å². The molecule has 0 spiro atoms. The van der Waals surface area contributed by atoms with Gasteiger partial charge in [0, 0.05) is 17.8 Å². The Hall–Kier alpha value is -0.470. The Morgan fingerprint density at radius 3 is 2.31 bits per heavy atom. The molecule has 0 aromatic heterocycles. The predicted octanol–water partition coefficient (Wildman–Crippen LogP) is 2.79. The van der Waals surface area contributed by atoms with Crippen LogP contribution in [0, 0.1) is 11.3 Å². The maximum absolute atomic E-state index is 12.5. The van der Waals surface area contributed by atoms with Gasteiger partial charge in [0.25, 0.3) is 5.92 Å². The van der Waals surface area contributed by atoms with E-state index < -0.39 is 11.8 Å². The fourth-order valence-corrected chi connectivity index (χ4v) is 2.10. The fourth-order valence-electron chi connectivity index (χ4n) is 2.10. The summed E-state index contributed by atoms with van der Waals surface area (Å²) in [7, 11) is 0. The molecule has 0 N–H and O–H groups in total. The van der Waals surface area contributed by atoms with Crippen molar-refractivity contribution in [3.8, 4) is 0 Å². The second kappa shape index (κ2) is 2.76. The Kier molecular flexibility index (Phi) is 1.93. The second-order valence-corrected chi connectivity index (χ2v) is 4.53. The summed E-state index contributed by atoms with van der Waals surface area (Å²) in [5, 5.41) is 0. The molecule has 0 aromatic rings. The zero-order valence-corrected chi connectivity index (χ0v) is 7.56. The predicted molar refractivity (Wildman–Crippen MR) is 44.6 cm³/mol. The van der Waals surface area contributed by atoms with Gasteiger partial charge < -0.3 is 4.79 Å². The van der Waals surface area contributed by atoms with E-state index in [0.29, 0.717) is 12.8 Å². The minimum Gasteiger partial charge on any atom is -0.303 e. The van der Waals surface area contributed by atoms with Crippen molar-refractivity contribution in [1.29, 1.82) is 0 Å². The molecule has 0 saturated heterocycles. The molecule has 0 bridgehead atoms. The SMILES string of the molecule is O=CC1(CCC2CC2(F)F)CCC1. The van der Waals surface area contributed by atoms with Crippen LogP contribution in [0.1, 0.15) is 38.5 Å². The van der Waals surface area contributed by atoms with E-state index >= 15 is 0 Å². The minimum atomic E-state index is -2.41.